The number of halogens is 1. The van der Waals surface area contributed by atoms with Gasteiger partial charge in [0.05, 0.1) is 33.6 Å². The second-order valence-corrected chi connectivity index (χ2v) is 10.9. The average molecular weight is 558 g/mol. The number of ether oxygens (including phenoxy) is 3. The fourth-order valence-electron chi connectivity index (χ4n) is 4.68. The largest absolute Gasteiger partial charge is 0.388 e. The summed E-state index contributed by atoms with van der Waals surface area (Å²) in [6, 6.07) is 12.9. The van der Waals surface area contributed by atoms with E-state index in [4.69, 9.17) is 19.9 Å². The summed E-state index contributed by atoms with van der Waals surface area (Å²) in [5.41, 5.74) is 9.10. The van der Waals surface area contributed by atoms with Crippen LogP contribution in [0.3, 0.4) is 0 Å². The van der Waals surface area contributed by atoms with Gasteiger partial charge in [0.2, 0.25) is 0 Å². The van der Waals surface area contributed by atoms with Crippen LogP contribution in [0.1, 0.15) is 34.6 Å². The smallest absolute Gasteiger partial charge is 0.184 e. The van der Waals surface area contributed by atoms with Crippen LogP contribution in [0, 0.1) is 13.8 Å². The number of rotatable bonds is 3. The van der Waals surface area contributed by atoms with Crippen molar-refractivity contribution in [2.45, 2.75) is 50.6 Å². The maximum Gasteiger partial charge on any atom is 0.184 e. The van der Waals surface area contributed by atoms with Crippen molar-refractivity contribution in [2.24, 2.45) is 5.73 Å². The van der Waals surface area contributed by atoms with Gasteiger partial charge in [0, 0.05) is 10.0 Å². The van der Waals surface area contributed by atoms with Gasteiger partial charge in [0.15, 0.2) is 12.1 Å². The molecule has 2 aliphatic heterocycles. The summed E-state index contributed by atoms with van der Waals surface area (Å²) in [6.07, 6.45) is -3.39. The maximum absolute atomic E-state index is 11.2. The highest BCUT2D eigenvalue weighted by molar-refractivity contribution is 9.10. The number of hydrogen-bond acceptors (Lipinski definition) is 9. The lowest BCUT2D eigenvalue weighted by molar-refractivity contribution is -0.309. The van der Waals surface area contributed by atoms with Gasteiger partial charge in [-0.25, -0.2) is 14.6 Å². The van der Waals surface area contributed by atoms with Crippen LogP contribution < -0.4 is 5.73 Å². The molecule has 0 bridgehead atoms. The maximum atomic E-state index is 11.2. The third-order valence-electron chi connectivity index (χ3n) is 6.31. The lowest BCUT2D eigenvalue weighted by Gasteiger charge is -2.46. The van der Waals surface area contributed by atoms with Crippen molar-refractivity contribution in [3.05, 3.63) is 69.2 Å². The fourth-order valence-corrected chi connectivity index (χ4v) is 6.23. The highest BCUT2D eigenvalue weighted by Crippen LogP contribution is 2.39. The number of aryl methyl sites for hydroxylation is 2. The number of aliphatic hydroxyl groups is 1. The molecule has 1 unspecified atom stereocenters. The topological polar surface area (TPSA) is 118 Å². The second-order valence-electron chi connectivity index (χ2n) is 8.78. The van der Waals surface area contributed by atoms with Crippen molar-refractivity contribution < 1.29 is 19.3 Å². The monoisotopic (exact) mass is 557 g/mol. The van der Waals surface area contributed by atoms with Gasteiger partial charge in [0.1, 0.15) is 30.2 Å². The third-order valence-corrected chi connectivity index (χ3v) is 7.84. The predicted octanol–water partition coefficient (Wildman–Crippen LogP) is 3.50. The summed E-state index contributed by atoms with van der Waals surface area (Å²) in [4.78, 5) is 9.19. The van der Waals surface area contributed by atoms with Gasteiger partial charge in [-0.1, -0.05) is 30.3 Å². The summed E-state index contributed by atoms with van der Waals surface area (Å²) in [5, 5.41) is 16.8. The van der Waals surface area contributed by atoms with E-state index >= 15 is 0 Å². The molecule has 0 radical (unpaired) electrons. The molecule has 11 heteroatoms. The van der Waals surface area contributed by atoms with Crippen LogP contribution >= 0.6 is 27.3 Å². The van der Waals surface area contributed by atoms with Crippen LogP contribution in [0.25, 0.3) is 15.9 Å². The molecule has 2 fully saturated rings. The highest BCUT2D eigenvalue weighted by Gasteiger charge is 2.49. The zero-order chi connectivity index (χ0) is 24.3. The first kappa shape index (κ1) is 23.2. The van der Waals surface area contributed by atoms with Crippen LogP contribution in [0.5, 0.6) is 0 Å². The summed E-state index contributed by atoms with van der Waals surface area (Å²) in [7, 11) is 0. The van der Waals surface area contributed by atoms with Gasteiger partial charge in [-0.3, -0.25) is 0 Å². The van der Waals surface area contributed by atoms with Gasteiger partial charge in [-0.2, -0.15) is 5.10 Å². The number of nitrogens with two attached hydrogens (primary N) is 1. The molecular weight excluding hydrogens is 534 g/mol. The standard InChI is InChI=1S/C24H24BrN5O4S/c1-11-27-23(30(29-11)14-8-15(25)19-17(9-14)35-12(2)28-19)22-20(31)18(26)21-16(33-22)10-32-24(34-21)13-6-4-3-5-7-13/h3-9,16,18,20-22,24,31H,10,26H2,1-2H3/t16-,18-,20-,21+,22-,24?/m1/s1. The van der Waals surface area contributed by atoms with Crippen LogP contribution in [0.15, 0.2) is 46.9 Å². The van der Waals surface area contributed by atoms with Crippen LogP contribution in [0.4, 0.5) is 0 Å². The average Bonchev–Trinajstić information content (AvgIpc) is 3.43. The molecule has 2 saturated heterocycles. The molecule has 9 nitrogen and oxygen atoms in total. The molecule has 2 aromatic heterocycles. The lowest BCUT2D eigenvalue weighted by atomic mass is 9.92. The Morgan fingerprint density at radius 2 is 1.94 bits per heavy atom. The normalized spacial score (nSPS) is 28.8. The minimum absolute atomic E-state index is 0.284. The second kappa shape index (κ2) is 9.00. The first-order valence-corrected chi connectivity index (χ1v) is 12.9. The number of hydrogen-bond donors (Lipinski definition) is 2. The Morgan fingerprint density at radius 3 is 2.74 bits per heavy atom. The van der Waals surface area contributed by atoms with Crippen molar-refractivity contribution in [3.8, 4) is 5.69 Å². The van der Waals surface area contributed by atoms with E-state index in [0.717, 1.165) is 30.9 Å². The number of fused-ring (bicyclic) bond motifs is 2. The Morgan fingerprint density at radius 1 is 1.14 bits per heavy atom. The fraction of sp³-hybridized carbons (Fsp3) is 0.375. The van der Waals surface area contributed by atoms with Crippen molar-refractivity contribution >= 4 is 37.5 Å². The minimum Gasteiger partial charge on any atom is -0.388 e. The van der Waals surface area contributed by atoms with E-state index in [2.05, 4.69) is 31.0 Å². The van der Waals surface area contributed by atoms with E-state index in [9.17, 15) is 5.11 Å². The number of nitrogens with zero attached hydrogens (tertiary/aromatic N) is 4. The number of benzene rings is 2. The molecule has 2 aromatic carbocycles. The molecule has 35 heavy (non-hydrogen) atoms. The molecule has 0 aliphatic carbocycles. The Kier molecular flexibility index (Phi) is 5.96. The van der Waals surface area contributed by atoms with E-state index in [1.807, 2.05) is 49.4 Å². The lowest BCUT2D eigenvalue weighted by Crippen LogP contribution is -2.62. The quantitative estimate of drug-likeness (QED) is 0.393. The summed E-state index contributed by atoms with van der Waals surface area (Å²) >= 11 is 5.23. The predicted molar refractivity (Wildman–Crippen MR) is 133 cm³/mol. The highest BCUT2D eigenvalue weighted by atomic mass is 79.9. The van der Waals surface area contributed by atoms with Crippen LogP contribution in [-0.4, -0.2) is 55.8 Å². The first-order chi connectivity index (χ1) is 16.9. The van der Waals surface area contributed by atoms with Crippen molar-refractivity contribution in [1.29, 1.82) is 0 Å². The Balaban J connectivity index is 1.31. The molecule has 6 rings (SSSR count). The molecule has 0 spiro atoms. The molecule has 0 amide bonds. The summed E-state index contributed by atoms with van der Waals surface area (Å²) < 4.78 is 22.0. The number of aromatic nitrogens is 4. The summed E-state index contributed by atoms with van der Waals surface area (Å²) in [5.74, 6) is 1.03. The molecule has 4 aromatic rings. The SMILES string of the molecule is Cc1nc([C@@H]2O[C@@H]3COC(c4ccccc4)O[C@@H]3[C@H](N)[C@H]2O)n(-c2cc(Br)c3nc(C)sc3c2)n1. The van der Waals surface area contributed by atoms with Crippen LogP contribution in [0.2, 0.25) is 0 Å². The van der Waals surface area contributed by atoms with E-state index in [-0.39, 0.29) is 6.61 Å². The van der Waals surface area contributed by atoms with Crippen molar-refractivity contribution in [1.82, 2.24) is 19.7 Å². The summed E-state index contributed by atoms with van der Waals surface area (Å²) in [6.45, 7) is 4.06. The Hall–Kier alpha value is -2.25. The number of thiazole rings is 1. The zero-order valence-corrected chi connectivity index (χ0v) is 21.4. The molecule has 0 saturated carbocycles. The third kappa shape index (κ3) is 4.10. The van der Waals surface area contributed by atoms with E-state index < -0.39 is 36.7 Å². The van der Waals surface area contributed by atoms with E-state index in [1.54, 1.807) is 22.9 Å². The zero-order valence-electron chi connectivity index (χ0n) is 19.0. The molecule has 2 aliphatic rings. The van der Waals surface area contributed by atoms with Crippen molar-refractivity contribution in [2.75, 3.05) is 6.61 Å². The van der Waals surface area contributed by atoms with E-state index in [0.29, 0.717) is 11.6 Å². The van der Waals surface area contributed by atoms with Gasteiger partial charge in [0.25, 0.3) is 0 Å². The first-order valence-electron chi connectivity index (χ1n) is 11.3. The molecule has 6 atom stereocenters. The van der Waals surface area contributed by atoms with Gasteiger partial charge in [-0.05, 0) is 41.9 Å². The van der Waals surface area contributed by atoms with Crippen molar-refractivity contribution in [3.63, 3.8) is 0 Å². The number of aliphatic hydroxyl groups excluding tert-OH is 1. The van der Waals surface area contributed by atoms with Gasteiger partial charge >= 0.3 is 0 Å². The Labute approximate surface area is 214 Å². The van der Waals surface area contributed by atoms with Gasteiger partial charge in [-0.15, -0.1) is 11.3 Å². The molecule has 4 heterocycles. The molecular formula is C24H24BrN5O4S. The van der Waals surface area contributed by atoms with E-state index in [1.165, 1.54) is 0 Å². The molecule has 3 N–H and O–H groups in total. The van der Waals surface area contributed by atoms with Gasteiger partial charge < -0.3 is 25.1 Å². The minimum atomic E-state index is -1.05. The molecule has 182 valence electrons. The Bertz CT molecular complexity index is 1380. The van der Waals surface area contributed by atoms with Crippen LogP contribution in [-0.2, 0) is 14.2 Å².